The highest BCUT2D eigenvalue weighted by atomic mass is 16.2. The number of aromatic nitrogens is 3. The van der Waals surface area contributed by atoms with Crippen molar-refractivity contribution >= 4 is 5.91 Å². The van der Waals surface area contributed by atoms with Crippen LogP contribution in [0.2, 0.25) is 0 Å². The van der Waals surface area contributed by atoms with Gasteiger partial charge in [0, 0.05) is 12.5 Å². The Morgan fingerprint density at radius 3 is 2.37 bits per heavy atom. The Bertz CT molecular complexity index is 972. The Morgan fingerprint density at radius 2 is 1.70 bits per heavy atom. The molecule has 1 heterocycles. The number of benzene rings is 2. The first kappa shape index (κ1) is 17.3. The van der Waals surface area contributed by atoms with Gasteiger partial charge >= 0.3 is 5.69 Å². The molecule has 0 atom stereocenters. The molecule has 27 heavy (non-hydrogen) atoms. The summed E-state index contributed by atoms with van der Waals surface area (Å²) in [7, 11) is 0. The molecule has 4 rings (SSSR count). The maximum atomic E-state index is 12.8. The highest BCUT2D eigenvalue weighted by Gasteiger charge is 2.31. The lowest BCUT2D eigenvalue weighted by Gasteiger charge is -2.05. The van der Waals surface area contributed by atoms with Crippen LogP contribution >= 0.6 is 0 Å². The van der Waals surface area contributed by atoms with E-state index in [1.807, 2.05) is 60.7 Å². The van der Waals surface area contributed by atoms with Gasteiger partial charge < -0.3 is 5.32 Å². The number of hydrogen-bond donors (Lipinski definition) is 1. The second-order valence-corrected chi connectivity index (χ2v) is 6.83. The van der Waals surface area contributed by atoms with Crippen LogP contribution in [0.25, 0.3) is 5.69 Å². The quantitative estimate of drug-likeness (QED) is 0.701. The van der Waals surface area contributed by atoms with E-state index >= 15 is 0 Å². The number of carbonyl (C=O) groups is 1. The fraction of sp³-hybridized carbons (Fsp3) is 0.286. The highest BCUT2D eigenvalue weighted by Crippen LogP contribution is 2.39. The second kappa shape index (κ2) is 7.61. The lowest BCUT2D eigenvalue weighted by atomic mass is 10.1. The number of nitrogens with one attached hydrogen (secondary N) is 1. The molecule has 1 fully saturated rings. The Labute approximate surface area is 157 Å². The molecule has 0 spiro atoms. The van der Waals surface area contributed by atoms with Crippen molar-refractivity contribution in [3.05, 3.63) is 82.5 Å². The fourth-order valence-electron chi connectivity index (χ4n) is 3.14. The molecule has 1 aliphatic rings. The van der Waals surface area contributed by atoms with Crippen molar-refractivity contribution in [3.63, 3.8) is 0 Å². The van der Waals surface area contributed by atoms with E-state index < -0.39 is 0 Å². The van der Waals surface area contributed by atoms with Crippen molar-refractivity contribution in [3.8, 4) is 5.69 Å². The van der Waals surface area contributed by atoms with Gasteiger partial charge in [0.05, 0.1) is 5.69 Å². The Hall–Kier alpha value is -3.15. The molecule has 0 saturated heterocycles. The van der Waals surface area contributed by atoms with Crippen LogP contribution in [0.4, 0.5) is 0 Å². The summed E-state index contributed by atoms with van der Waals surface area (Å²) in [5, 5.41) is 7.33. The SMILES string of the molecule is O=C(Cn1nc(C2CC2)n(-c2ccccc2)c1=O)NCCc1ccccc1. The number of carbonyl (C=O) groups excluding carboxylic acids is 1. The van der Waals surface area contributed by atoms with Gasteiger partial charge in [-0.05, 0) is 37.0 Å². The minimum atomic E-state index is -0.263. The average molecular weight is 362 g/mol. The minimum Gasteiger partial charge on any atom is -0.354 e. The van der Waals surface area contributed by atoms with Crippen LogP contribution in [-0.2, 0) is 17.8 Å². The van der Waals surface area contributed by atoms with Gasteiger partial charge in [0.1, 0.15) is 12.4 Å². The van der Waals surface area contributed by atoms with Crippen LogP contribution in [0.15, 0.2) is 65.5 Å². The van der Waals surface area contributed by atoms with Gasteiger partial charge in [-0.1, -0.05) is 48.5 Å². The maximum Gasteiger partial charge on any atom is 0.351 e. The van der Waals surface area contributed by atoms with Crippen molar-refractivity contribution in [1.82, 2.24) is 19.7 Å². The van der Waals surface area contributed by atoms with Crippen LogP contribution in [0, 0.1) is 0 Å². The second-order valence-electron chi connectivity index (χ2n) is 6.83. The van der Waals surface area contributed by atoms with Crippen molar-refractivity contribution < 1.29 is 4.79 Å². The van der Waals surface area contributed by atoms with E-state index in [1.54, 1.807) is 4.57 Å². The average Bonchev–Trinajstić information content (AvgIpc) is 3.49. The predicted molar refractivity (Wildman–Crippen MR) is 103 cm³/mol. The molecule has 6 nitrogen and oxygen atoms in total. The molecule has 1 aliphatic carbocycles. The zero-order chi connectivity index (χ0) is 18.6. The van der Waals surface area contributed by atoms with E-state index in [0.29, 0.717) is 12.5 Å². The zero-order valence-corrected chi connectivity index (χ0v) is 15.0. The molecular weight excluding hydrogens is 340 g/mol. The molecule has 6 heteroatoms. The molecule has 1 amide bonds. The Kier molecular flexibility index (Phi) is 4.87. The van der Waals surface area contributed by atoms with Gasteiger partial charge in [-0.3, -0.25) is 4.79 Å². The number of nitrogens with zero attached hydrogens (tertiary/aromatic N) is 3. The highest BCUT2D eigenvalue weighted by molar-refractivity contribution is 5.75. The lowest BCUT2D eigenvalue weighted by Crippen LogP contribution is -2.34. The van der Waals surface area contributed by atoms with E-state index in [1.165, 1.54) is 10.2 Å². The lowest BCUT2D eigenvalue weighted by molar-refractivity contribution is -0.121. The number of amides is 1. The van der Waals surface area contributed by atoms with Crippen LogP contribution in [0.5, 0.6) is 0 Å². The van der Waals surface area contributed by atoms with Crippen LogP contribution in [-0.4, -0.2) is 26.8 Å². The first-order valence-corrected chi connectivity index (χ1v) is 9.28. The summed E-state index contributed by atoms with van der Waals surface area (Å²) in [6, 6.07) is 19.5. The predicted octanol–water partition coefficient (Wildman–Crippen LogP) is 2.27. The third-order valence-corrected chi connectivity index (χ3v) is 4.69. The molecule has 1 aromatic heterocycles. The summed E-state index contributed by atoms with van der Waals surface area (Å²) in [5.74, 6) is 0.858. The van der Waals surface area contributed by atoms with E-state index in [-0.39, 0.29) is 18.1 Å². The van der Waals surface area contributed by atoms with E-state index in [0.717, 1.165) is 30.8 Å². The summed E-state index contributed by atoms with van der Waals surface area (Å²) >= 11 is 0. The van der Waals surface area contributed by atoms with Crippen molar-refractivity contribution in [2.24, 2.45) is 0 Å². The summed E-state index contributed by atoms with van der Waals surface area (Å²) in [6.07, 6.45) is 2.83. The third kappa shape index (κ3) is 4.00. The van der Waals surface area contributed by atoms with E-state index in [4.69, 9.17) is 0 Å². The molecule has 1 saturated carbocycles. The summed E-state index contributed by atoms with van der Waals surface area (Å²) in [6.45, 7) is 0.472. The fourth-order valence-corrected chi connectivity index (χ4v) is 3.14. The number of hydrogen-bond acceptors (Lipinski definition) is 3. The van der Waals surface area contributed by atoms with Gasteiger partial charge in [-0.15, -0.1) is 0 Å². The molecular formula is C21H22N4O2. The number of para-hydroxylation sites is 1. The van der Waals surface area contributed by atoms with Crippen LogP contribution in [0.3, 0.4) is 0 Å². The van der Waals surface area contributed by atoms with Gasteiger partial charge in [-0.2, -0.15) is 5.10 Å². The molecule has 0 unspecified atom stereocenters. The standard InChI is InChI=1S/C21H22N4O2/c26-19(22-14-13-16-7-3-1-4-8-16)15-24-21(27)25(18-9-5-2-6-10-18)20(23-24)17-11-12-17/h1-10,17H,11-15H2,(H,22,26). The topological polar surface area (TPSA) is 68.9 Å². The van der Waals surface area contributed by atoms with E-state index in [9.17, 15) is 9.59 Å². The molecule has 1 N–H and O–H groups in total. The van der Waals surface area contributed by atoms with Crippen LogP contribution < -0.4 is 11.0 Å². The normalized spacial score (nSPS) is 13.5. The maximum absolute atomic E-state index is 12.8. The third-order valence-electron chi connectivity index (χ3n) is 4.69. The number of rotatable bonds is 7. The van der Waals surface area contributed by atoms with Crippen LogP contribution in [0.1, 0.15) is 30.1 Å². The van der Waals surface area contributed by atoms with Gasteiger partial charge in [0.25, 0.3) is 0 Å². The molecule has 0 bridgehead atoms. The van der Waals surface area contributed by atoms with Gasteiger partial charge in [0.2, 0.25) is 5.91 Å². The first-order valence-electron chi connectivity index (χ1n) is 9.28. The summed E-state index contributed by atoms with van der Waals surface area (Å²) < 4.78 is 2.91. The van der Waals surface area contributed by atoms with Gasteiger partial charge in [0.15, 0.2) is 0 Å². The molecule has 0 aliphatic heterocycles. The monoisotopic (exact) mass is 362 g/mol. The van der Waals surface area contributed by atoms with Crippen molar-refractivity contribution in [2.75, 3.05) is 6.54 Å². The summed E-state index contributed by atoms with van der Waals surface area (Å²) in [5.41, 5.74) is 1.70. The zero-order valence-electron chi connectivity index (χ0n) is 15.0. The molecule has 3 aromatic rings. The minimum absolute atomic E-state index is 0.0623. The molecule has 138 valence electrons. The Morgan fingerprint density at radius 1 is 1.04 bits per heavy atom. The smallest absolute Gasteiger partial charge is 0.351 e. The largest absolute Gasteiger partial charge is 0.354 e. The Balaban J connectivity index is 1.46. The van der Waals surface area contributed by atoms with E-state index in [2.05, 4.69) is 10.4 Å². The van der Waals surface area contributed by atoms with Crippen molar-refractivity contribution in [1.29, 1.82) is 0 Å². The first-order chi connectivity index (χ1) is 13.2. The van der Waals surface area contributed by atoms with Crippen molar-refractivity contribution in [2.45, 2.75) is 31.7 Å². The molecule has 2 aromatic carbocycles. The molecule has 0 radical (unpaired) electrons. The summed E-state index contributed by atoms with van der Waals surface area (Å²) in [4.78, 5) is 25.1. The van der Waals surface area contributed by atoms with Gasteiger partial charge in [-0.25, -0.2) is 14.0 Å².